The number of hydrogen-bond donors (Lipinski definition) is 2. The van der Waals surface area contributed by atoms with Crippen LogP contribution in [0.5, 0.6) is 5.75 Å². The highest BCUT2D eigenvalue weighted by atomic mass is 35.5. The third-order valence-corrected chi connectivity index (χ3v) is 4.24. The molecular formula is C17H15Cl2N3O3. The second-order valence-corrected chi connectivity index (χ2v) is 6.09. The van der Waals surface area contributed by atoms with Gasteiger partial charge >= 0.3 is 0 Å². The van der Waals surface area contributed by atoms with Gasteiger partial charge in [0.05, 0.1) is 5.02 Å². The molecule has 0 saturated carbocycles. The number of benzene rings is 1. The fraction of sp³-hybridized carbons (Fsp3) is 0.176. The maximum atomic E-state index is 12.0. The molecule has 0 bridgehead atoms. The fourth-order valence-corrected chi connectivity index (χ4v) is 2.55. The average molecular weight is 380 g/mol. The quantitative estimate of drug-likeness (QED) is 0.688. The number of fused-ring (bicyclic) bond motifs is 1. The first kappa shape index (κ1) is 17.5. The van der Waals surface area contributed by atoms with Gasteiger partial charge in [0.2, 0.25) is 0 Å². The molecule has 1 aromatic carbocycles. The molecule has 1 atom stereocenters. The molecule has 0 aliphatic heterocycles. The summed E-state index contributed by atoms with van der Waals surface area (Å²) < 4.78 is 6.91. The van der Waals surface area contributed by atoms with E-state index >= 15 is 0 Å². The summed E-state index contributed by atoms with van der Waals surface area (Å²) >= 11 is 11.9. The van der Waals surface area contributed by atoms with Crippen molar-refractivity contribution in [1.82, 2.24) is 9.38 Å². The van der Waals surface area contributed by atoms with Gasteiger partial charge in [0.1, 0.15) is 34.9 Å². The van der Waals surface area contributed by atoms with E-state index in [0.717, 1.165) is 0 Å². The van der Waals surface area contributed by atoms with E-state index < -0.39 is 6.10 Å². The van der Waals surface area contributed by atoms with Gasteiger partial charge in [-0.1, -0.05) is 35.3 Å². The molecule has 1 unspecified atom stereocenters. The summed E-state index contributed by atoms with van der Waals surface area (Å²) in [4.78, 5) is 16.3. The topological polar surface area (TPSA) is 75.9 Å². The van der Waals surface area contributed by atoms with Crippen LogP contribution < -0.4 is 15.6 Å². The van der Waals surface area contributed by atoms with Crippen LogP contribution >= 0.6 is 23.2 Å². The maximum Gasteiger partial charge on any atom is 0.259 e. The molecule has 8 heteroatoms. The van der Waals surface area contributed by atoms with Crippen molar-refractivity contribution in [3.05, 3.63) is 69.1 Å². The van der Waals surface area contributed by atoms with Gasteiger partial charge in [0.15, 0.2) is 0 Å². The number of pyridine rings is 1. The van der Waals surface area contributed by atoms with Crippen molar-refractivity contribution in [1.29, 1.82) is 0 Å². The van der Waals surface area contributed by atoms with Gasteiger partial charge < -0.3 is 15.2 Å². The molecule has 25 heavy (non-hydrogen) atoms. The minimum atomic E-state index is -0.828. The Hall–Kier alpha value is -2.28. The minimum absolute atomic E-state index is 0.0135. The number of aliphatic hydroxyl groups excluding tert-OH is 1. The van der Waals surface area contributed by atoms with Crippen LogP contribution in [-0.4, -0.2) is 33.7 Å². The lowest BCUT2D eigenvalue weighted by molar-refractivity contribution is 0.117. The number of aromatic nitrogens is 2. The van der Waals surface area contributed by atoms with E-state index in [1.807, 2.05) is 0 Å². The van der Waals surface area contributed by atoms with Crippen molar-refractivity contribution >= 4 is 34.7 Å². The molecule has 0 saturated heterocycles. The zero-order valence-electron chi connectivity index (χ0n) is 13.0. The first-order valence-electron chi connectivity index (χ1n) is 7.52. The highest BCUT2D eigenvalue weighted by Gasteiger charge is 2.10. The van der Waals surface area contributed by atoms with Crippen LogP contribution in [0.4, 0.5) is 5.82 Å². The van der Waals surface area contributed by atoms with Gasteiger partial charge in [-0.3, -0.25) is 9.20 Å². The van der Waals surface area contributed by atoms with Crippen molar-refractivity contribution in [2.24, 2.45) is 0 Å². The number of rotatable bonds is 6. The molecular weight excluding hydrogens is 365 g/mol. The van der Waals surface area contributed by atoms with Crippen LogP contribution in [-0.2, 0) is 0 Å². The normalized spacial score (nSPS) is 12.1. The summed E-state index contributed by atoms with van der Waals surface area (Å²) in [5.74, 6) is 0.784. The molecule has 3 rings (SSSR count). The number of nitrogens with zero attached hydrogens (tertiary/aromatic N) is 2. The van der Waals surface area contributed by atoms with Crippen LogP contribution in [0.25, 0.3) is 5.65 Å². The molecule has 3 aromatic rings. The third-order valence-electron chi connectivity index (χ3n) is 3.44. The smallest absolute Gasteiger partial charge is 0.259 e. The van der Waals surface area contributed by atoms with Gasteiger partial charge in [-0.05, 0) is 24.3 Å². The Balaban J connectivity index is 1.60. The second kappa shape index (κ2) is 7.74. The van der Waals surface area contributed by atoms with Crippen molar-refractivity contribution < 1.29 is 9.84 Å². The zero-order chi connectivity index (χ0) is 17.8. The number of hydrogen-bond acceptors (Lipinski definition) is 5. The van der Waals surface area contributed by atoms with Crippen LogP contribution in [0, 0.1) is 0 Å². The summed E-state index contributed by atoms with van der Waals surface area (Å²) in [6, 6.07) is 11.7. The van der Waals surface area contributed by atoms with Gasteiger partial charge in [-0.25, -0.2) is 4.98 Å². The highest BCUT2D eigenvalue weighted by molar-refractivity contribution is 6.42. The Labute approximate surface area is 153 Å². The molecule has 0 spiro atoms. The van der Waals surface area contributed by atoms with E-state index in [1.54, 1.807) is 42.6 Å². The molecule has 0 fully saturated rings. The summed E-state index contributed by atoms with van der Waals surface area (Å²) in [6.07, 6.45) is 0.817. The lowest BCUT2D eigenvalue weighted by Crippen LogP contribution is -2.27. The van der Waals surface area contributed by atoms with E-state index in [1.165, 1.54) is 10.5 Å². The Kier molecular flexibility index (Phi) is 5.43. The van der Waals surface area contributed by atoms with Crippen LogP contribution in [0.15, 0.2) is 53.5 Å². The molecule has 0 aliphatic rings. The Morgan fingerprint density at radius 3 is 2.92 bits per heavy atom. The molecule has 0 aliphatic carbocycles. The van der Waals surface area contributed by atoms with Crippen LogP contribution in [0.3, 0.4) is 0 Å². The van der Waals surface area contributed by atoms with Crippen LogP contribution in [0.2, 0.25) is 10.0 Å². The van der Waals surface area contributed by atoms with E-state index in [9.17, 15) is 9.90 Å². The standard InChI is InChI=1S/C17H15Cl2N3O3/c18-12-4-3-5-13(17(12)19)25-10-11(23)9-20-14-8-16(24)22-7-2-1-6-15(22)21-14/h1-8,11,20,23H,9-10H2. The summed E-state index contributed by atoms with van der Waals surface area (Å²) in [6.45, 7) is 0.174. The largest absolute Gasteiger partial charge is 0.489 e. The first-order valence-corrected chi connectivity index (χ1v) is 8.27. The van der Waals surface area contributed by atoms with Crippen molar-refractivity contribution in [3.63, 3.8) is 0 Å². The number of nitrogens with one attached hydrogen (secondary N) is 1. The predicted octanol–water partition coefficient (Wildman–Crippen LogP) is 2.85. The summed E-state index contributed by atoms with van der Waals surface area (Å²) in [5.41, 5.74) is 0.318. The van der Waals surface area contributed by atoms with Gasteiger partial charge in [0, 0.05) is 18.8 Å². The van der Waals surface area contributed by atoms with E-state index in [4.69, 9.17) is 27.9 Å². The predicted molar refractivity (Wildman–Crippen MR) is 97.9 cm³/mol. The molecule has 6 nitrogen and oxygen atoms in total. The second-order valence-electron chi connectivity index (χ2n) is 5.31. The van der Waals surface area contributed by atoms with E-state index in [-0.39, 0.29) is 18.7 Å². The molecule has 2 aromatic heterocycles. The number of halogens is 2. The third kappa shape index (κ3) is 4.22. The summed E-state index contributed by atoms with van der Waals surface area (Å²) in [7, 11) is 0. The SMILES string of the molecule is O=c1cc(NCC(O)COc2cccc(Cl)c2Cl)nc2ccccn12. The average Bonchev–Trinajstić information content (AvgIpc) is 2.61. The van der Waals surface area contributed by atoms with Crippen molar-refractivity contribution in [2.75, 3.05) is 18.5 Å². The van der Waals surface area contributed by atoms with Gasteiger partial charge in [0.25, 0.3) is 5.56 Å². The zero-order valence-corrected chi connectivity index (χ0v) is 14.5. The number of aliphatic hydroxyl groups is 1. The number of anilines is 1. The van der Waals surface area contributed by atoms with E-state index in [2.05, 4.69) is 10.3 Å². The Morgan fingerprint density at radius 2 is 2.08 bits per heavy atom. The molecule has 2 heterocycles. The number of ether oxygens (including phenoxy) is 1. The first-order chi connectivity index (χ1) is 12.0. The molecule has 0 amide bonds. The molecule has 2 N–H and O–H groups in total. The van der Waals surface area contributed by atoms with Crippen LogP contribution in [0.1, 0.15) is 0 Å². The van der Waals surface area contributed by atoms with Crippen molar-refractivity contribution in [2.45, 2.75) is 6.10 Å². The lowest BCUT2D eigenvalue weighted by atomic mass is 10.3. The van der Waals surface area contributed by atoms with Gasteiger partial charge in [-0.15, -0.1) is 0 Å². The molecule has 0 radical (unpaired) electrons. The lowest BCUT2D eigenvalue weighted by Gasteiger charge is -2.15. The molecule has 130 valence electrons. The minimum Gasteiger partial charge on any atom is -0.489 e. The maximum absolute atomic E-state index is 12.0. The summed E-state index contributed by atoms with van der Waals surface area (Å²) in [5, 5.41) is 13.6. The Morgan fingerprint density at radius 1 is 1.24 bits per heavy atom. The van der Waals surface area contributed by atoms with E-state index in [0.29, 0.717) is 27.3 Å². The highest BCUT2D eigenvalue weighted by Crippen LogP contribution is 2.31. The fourth-order valence-electron chi connectivity index (χ4n) is 2.21. The Bertz CT molecular complexity index is 946. The monoisotopic (exact) mass is 379 g/mol. The van der Waals surface area contributed by atoms with Gasteiger partial charge in [-0.2, -0.15) is 0 Å². The van der Waals surface area contributed by atoms with Crippen molar-refractivity contribution in [3.8, 4) is 5.75 Å².